The second-order valence-electron chi connectivity index (χ2n) is 3.37. The van der Waals surface area contributed by atoms with Gasteiger partial charge >= 0.3 is 12.1 Å². The van der Waals surface area contributed by atoms with Crippen molar-refractivity contribution < 1.29 is 27.8 Å². The molecule has 6 heteroatoms. The van der Waals surface area contributed by atoms with Gasteiger partial charge in [0, 0.05) is 0 Å². The molecule has 0 fully saturated rings. The lowest BCUT2D eigenvalue weighted by Gasteiger charge is -2.14. The molecular weight excluding hydrogens is 237 g/mol. The summed E-state index contributed by atoms with van der Waals surface area (Å²) in [7, 11) is 0. The Morgan fingerprint density at radius 3 is 2.47 bits per heavy atom. The average Bonchev–Trinajstić information content (AvgIpc) is 2.20. The maximum absolute atomic E-state index is 12.6. The third-order valence-electron chi connectivity index (χ3n) is 2.16. The predicted octanol–water partition coefficient (Wildman–Crippen LogP) is 2.90. The highest BCUT2D eigenvalue weighted by molar-refractivity contribution is 5.94. The zero-order chi connectivity index (χ0) is 13.2. The van der Waals surface area contributed by atoms with E-state index in [0.717, 1.165) is 12.1 Å². The van der Waals surface area contributed by atoms with Crippen LogP contribution in [0.15, 0.2) is 12.1 Å². The van der Waals surface area contributed by atoms with Gasteiger partial charge in [-0.3, -0.25) is 0 Å². The van der Waals surface area contributed by atoms with E-state index in [1.165, 1.54) is 13.8 Å². The van der Waals surface area contributed by atoms with Gasteiger partial charge in [-0.2, -0.15) is 13.2 Å². The third kappa shape index (κ3) is 2.69. The average molecular weight is 248 g/mol. The zero-order valence-electron chi connectivity index (χ0n) is 9.26. The van der Waals surface area contributed by atoms with Crippen LogP contribution in [0, 0.1) is 6.92 Å². The van der Waals surface area contributed by atoms with Gasteiger partial charge in [0.15, 0.2) is 0 Å². The molecule has 0 unspecified atom stereocenters. The summed E-state index contributed by atoms with van der Waals surface area (Å²) >= 11 is 0. The van der Waals surface area contributed by atoms with E-state index in [4.69, 9.17) is 0 Å². The van der Waals surface area contributed by atoms with Crippen molar-refractivity contribution in [2.24, 2.45) is 0 Å². The highest BCUT2D eigenvalue weighted by Crippen LogP contribution is 2.37. The lowest BCUT2D eigenvalue weighted by Crippen LogP contribution is -2.15. The molecule has 1 aromatic carbocycles. The van der Waals surface area contributed by atoms with Crippen LogP contribution in [0.5, 0.6) is 5.75 Å². The first kappa shape index (κ1) is 13.3. The van der Waals surface area contributed by atoms with Crippen LogP contribution in [0.2, 0.25) is 0 Å². The number of halogens is 3. The molecule has 0 saturated heterocycles. The van der Waals surface area contributed by atoms with E-state index in [9.17, 15) is 23.1 Å². The lowest BCUT2D eigenvalue weighted by molar-refractivity contribution is -0.138. The quantitative estimate of drug-likeness (QED) is 0.818. The van der Waals surface area contributed by atoms with E-state index in [0.29, 0.717) is 0 Å². The highest BCUT2D eigenvalue weighted by atomic mass is 19.4. The Labute approximate surface area is 95.8 Å². The summed E-state index contributed by atoms with van der Waals surface area (Å²) in [6, 6.07) is 1.85. The summed E-state index contributed by atoms with van der Waals surface area (Å²) in [5.41, 5.74) is -1.85. The van der Waals surface area contributed by atoms with Gasteiger partial charge in [-0.05, 0) is 25.5 Å². The minimum Gasteiger partial charge on any atom is -0.507 e. The number of hydrogen-bond acceptors (Lipinski definition) is 3. The maximum atomic E-state index is 12.6. The van der Waals surface area contributed by atoms with Crippen molar-refractivity contribution in [2.75, 3.05) is 6.61 Å². The van der Waals surface area contributed by atoms with Crippen molar-refractivity contribution in [1.82, 2.24) is 0 Å². The number of carbonyl (C=O) groups is 1. The molecule has 17 heavy (non-hydrogen) atoms. The molecule has 1 aromatic rings. The SMILES string of the molecule is CCOC(=O)c1c(C(F)(F)F)ccc(C)c1O. The van der Waals surface area contributed by atoms with E-state index >= 15 is 0 Å². The van der Waals surface area contributed by atoms with Crippen molar-refractivity contribution >= 4 is 5.97 Å². The van der Waals surface area contributed by atoms with Crippen LogP contribution in [0.1, 0.15) is 28.4 Å². The number of aryl methyl sites for hydroxylation is 1. The summed E-state index contributed by atoms with van der Waals surface area (Å²) in [6.45, 7) is 2.81. The topological polar surface area (TPSA) is 46.5 Å². The number of benzene rings is 1. The Morgan fingerprint density at radius 1 is 1.41 bits per heavy atom. The molecule has 94 valence electrons. The minimum absolute atomic E-state index is 0.0660. The van der Waals surface area contributed by atoms with Gasteiger partial charge in [0.25, 0.3) is 0 Å². The third-order valence-corrected chi connectivity index (χ3v) is 2.16. The van der Waals surface area contributed by atoms with Crippen LogP contribution in [0.3, 0.4) is 0 Å². The Morgan fingerprint density at radius 2 is 2.00 bits per heavy atom. The van der Waals surface area contributed by atoms with Crippen molar-refractivity contribution in [2.45, 2.75) is 20.0 Å². The van der Waals surface area contributed by atoms with Gasteiger partial charge in [0.1, 0.15) is 11.3 Å². The Hall–Kier alpha value is -1.72. The molecule has 0 aliphatic rings. The monoisotopic (exact) mass is 248 g/mol. The number of alkyl halides is 3. The molecule has 0 radical (unpaired) electrons. The molecule has 0 atom stereocenters. The van der Waals surface area contributed by atoms with Gasteiger partial charge in [-0.25, -0.2) is 4.79 Å². The van der Waals surface area contributed by atoms with Crippen LogP contribution in [-0.4, -0.2) is 17.7 Å². The second kappa shape index (κ2) is 4.65. The maximum Gasteiger partial charge on any atom is 0.417 e. The van der Waals surface area contributed by atoms with E-state index in [-0.39, 0.29) is 12.2 Å². The van der Waals surface area contributed by atoms with Crippen LogP contribution < -0.4 is 0 Å². The largest absolute Gasteiger partial charge is 0.507 e. The molecule has 0 bridgehead atoms. The Kier molecular flexibility index (Phi) is 3.65. The van der Waals surface area contributed by atoms with Crippen LogP contribution >= 0.6 is 0 Å². The number of ether oxygens (including phenoxy) is 1. The molecule has 1 rings (SSSR count). The molecule has 0 aliphatic carbocycles. The summed E-state index contributed by atoms with van der Waals surface area (Å²) in [5, 5.41) is 9.54. The van der Waals surface area contributed by atoms with Crippen molar-refractivity contribution in [1.29, 1.82) is 0 Å². The minimum atomic E-state index is -4.72. The standard InChI is InChI=1S/C11H11F3O3/c1-3-17-10(16)8-7(11(12,13)14)5-4-6(2)9(8)15/h4-5,15H,3H2,1-2H3. The van der Waals surface area contributed by atoms with Crippen molar-refractivity contribution in [3.63, 3.8) is 0 Å². The number of aromatic hydroxyl groups is 1. The number of esters is 1. The van der Waals surface area contributed by atoms with Crippen LogP contribution in [0.4, 0.5) is 13.2 Å². The molecule has 0 aromatic heterocycles. The Balaban J connectivity index is 3.42. The van der Waals surface area contributed by atoms with Gasteiger partial charge in [0.05, 0.1) is 12.2 Å². The first-order valence-corrected chi connectivity index (χ1v) is 4.86. The Bertz CT molecular complexity index is 438. The van der Waals surface area contributed by atoms with Gasteiger partial charge in [0.2, 0.25) is 0 Å². The molecule has 3 nitrogen and oxygen atoms in total. The summed E-state index contributed by atoms with van der Waals surface area (Å²) in [5.74, 6) is -1.88. The zero-order valence-corrected chi connectivity index (χ0v) is 9.26. The summed E-state index contributed by atoms with van der Waals surface area (Å²) in [6.07, 6.45) is -4.72. The number of hydrogen-bond donors (Lipinski definition) is 1. The smallest absolute Gasteiger partial charge is 0.417 e. The molecule has 0 saturated carbocycles. The van der Waals surface area contributed by atoms with E-state index in [2.05, 4.69) is 4.74 Å². The van der Waals surface area contributed by atoms with Gasteiger partial charge < -0.3 is 9.84 Å². The first-order valence-electron chi connectivity index (χ1n) is 4.86. The fourth-order valence-electron chi connectivity index (χ4n) is 1.34. The summed E-state index contributed by atoms with van der Waals surface area (Å²) in [4.78, 5) is 11.4. The molecule has 0 spiro atoms. The molecular formula is C11H11F3O3. The first-order chi connectivity index (χ1) is 7.79. The van der Waals surface area contributed by atoms with Crippen LogP contribution in [0.25, 0.3) is 0 Å². The number of phenolic OH excluding ortho intramolecular Hbond substituents is 1. The fourth-order valence-corrected chi connectivity index (χ4v) is 1.34. The molecule has 0 amide bonds. The fraction of sp³-hybridized carbons (Fsp3) is 0.364. The number of phenols is 1. The lowest BCUT2D eigenvalue weighted by atomic mass is 10.0. The van der Waals surface area contributed by atoms with Crippen LogP contribution in [-0.2, 0) is 10.9 Å². The van der Waals surface area contributed by atoms with Gasteiger partial charge in [-0.15, -0.1) is 0 Å². The van der Waals surface area contributed by atoms with Gasteiger partial charge in [-0.1, -0.05) is 6.07 Å². The highest BCUT2D eigenvalue weighted by Gasteiger charge is 2.37. The van der Waals surface area contributed by atoms with Crippen molar-refractivity contribution in [3.05, 3.63) is 28.8 Å². The van der Waals surface area contributed by atoms with E-state index in [1.807, 2.05) is 0 Å². The van der Waals surface area contributed by atoms with Crippen molar-refractivity contribution in [3.8, 4) is 5.75 Å². The van der Waals surface area contributed by atoms with E-state index < -0.39 is 29.0 Å². The summed E-state index contributed by atoms with van der Waals surface area (Å²) < 4.78 is 42.4. The molecule has 0 heterocycles. The number of carbonyl (C=O) groups excluding carboxylic acids is 1. The normalized spacial score (nSPS) is 11.4. The second-order valence-corrected chi connectivity index (χ2v) is 3.37. The number of rotatable bonds is 2. The molecule has 1 N–H and O–H groups in total. The molecule has 0 aliphatic heterocycles. The van der Waals surface area contributed by atoms with E-state index in [1.54, 1.807) is 0 Å². The predicted molar refractivity (Wildman–Crippen MR) is 53.8 cm³/mol.